The zero-order valence-corrected chi connectivity index (χ0v) is 25.1. The number of benzene rings is 1. The number of likely N-dealkylation sites (tertiary alicyclic amines) is 1. The van der Waals surface area contributed by atoms with Gasteiger partial charge in [0.05, 0.1) is 35.8 Å². The van der Waals surface area contributed by atoms with Crippen molar-refractivity contribution in [3.05, 3.63) is 48.6 Å². The van der Waals surface area contributed by atoms with E-state index in [1.54, 1.807) is 21.6 Å². The Kier molecular flexibility index (Phi) is 7.59. The fourth-order valence-corrected chi connectivity index (χ4v) is 8.77. The van der Waals surface area contributed by atoms with Crippen LogP contribution in [-0.2, 0) is 14.4 Å². The molecule has 2 fully saturated rings. The van der Waals surface area contributed by atoms with Crippen molar-refractivity contribution in [1.29, 1.82) is 0 Å². The standard InChI is InChI=1S/C31H41N3O5S/c1-7-39-21-13-11-20(12-14-21)32-16-8-10-23-24(27(32)36)25-28(37)34(22(18-35)19(2)3)26-29(38)33(30(4,5)6)17-9-15-31(25,26)40-23/h8-15,19,22-26,35H,7,16-18H2,1-6H3/t22-,23-,24+,25-,26?,31-/m0/s1. The molecule has 4 heterocycles. The molecular weight excluding hydrogens is 526 g/mol. The minimum Gasteiger partial charge on any atom is -0.494 e. The number of hydrogen-bond donors (Lipinski definition) is 1. The summed E-state index contributed by atoms with van der Waals surface area (Å²) in [5.41, 5.74) is 0.283. The Balaban J connectivity index is 1.60. The molecule has 2 saturated heterocycles. The molecule has 0 saturated carbocycles. The minimum absolute atomic E-state index is 0.0705. The molecule has 216 valence electrons. The summed E-state index contributed by atoms with van der Waals surface area (Å²) in [5, 5.41) is 10.2. The number of carbonyl (C=O) groups excluding carboxylic acids is 3. The fourth-order valence-electron chi connectivity index (χ4n) is 6.78. The number of amides is 3. The molecule has 40 heavy (non-hydrogen) atoms. The van der Waals surface area contributed by atoms with E-state index in [9.17, 15) is 19.5 Å². The second-order valence-electron chi connectivity index (χ2n) is 12.4. The molecule has 8 nitrogen and oxygen atoms in total. The van der Waals surface area contributed by atoms with Crippen LogP contribution in [0.15, 0.2) is 48.6 Å². The van der Waals surface area contributed by atoms with Gasteiger partial charge in [-0.2, -0.15) is 0 Å². The highest BCUT2D eigenvalue weighted by Gasteiger charge is 2.72. The lowest BCUT2D eigenvalue weighted by molar-refractivity contribution is -0.149. The summed E-state index contributed by atoms with van der Waals surface area (Å²) in [6, 6.07) is 6.11. The SMILES string of the molecule is CCOc1ccc(N2CC=C[C@@H]3S[C@]45C=CCN(C(C)(C)C)C(=O)C4N([C@@H](CO)C(C)C)C(=O)[C@@H]5[C@@H]3C2=O)cc1. The molecular formula is C31H41N3O5S. The van der Waals surface area contributed by atoms with Crippen molar-refractivity contribution >= 4 is 35.2 Å². The predicted octanol–water partition coefficient (Wildman–Crippen LogP) is 3.50. The number of fused-ring (bicyclic) bond motifs is 2. The maximum atomic E-state index is 14.5. The average molecular weight is 568 g/mol. The van der Waals surface area contributed by atoms with Crippen molar-refractivity contribution < 1.29 is 24.2 Å². The van der Waals surface area contributed by atoms with E-state index in [4.69, 9.17) is 4.74 Å². The molecule has 0 aliphatic carbocycles. The number of carbonyl (C=O) groups is 3. The van der Waals surface area contributed by atoms with Gasteiger partial charge in [0, 0.05) is 29.6 Å². The number of anilines is 1. The topological polar surface area (TPSA) is 90.4 Å². The highest BCUT2D eigenvalue weighted by Crippen LogP contribution is 2.61. The minimum atomic E-state index is -0.909. The quantitative estimate of drug-likeness (QED) is 0.530. The van der Waals surface area contributed by atoms with E-state index in [0.29, 0.717) is 19.7 Å². The Morgan fingerprint density at radius 2 is 1.75 bits per heavy atom. The number of thioether (sulfide) groups is 1. The Hall–Kier alpha value is -2.78. The molecule has 1 aromatic rings. The van der Waals surface area contributed by atoms with Gasteiger partial charge in [0.25, 0.3) is 0 Å². The van der Waals surface area contributed by atoms with Crippen molar-refractivity contribution in [2.75, 3.05) is 31.2 Å². The van der Waals surface area contributed by atoms with Crippen LogP contribution in [0.25, 0.3) is 0 Å². The summed E-state index contributed by atoms with van der Waals surface area (Å²) in [4.78, 5) is 48.5. The first-order valence-electron chi connectivity index (χ1n) is 14.3. The van der Waals surface area contributed by atoms with E-state index < -0.39 is 34.2 Å². The molecule has 3 amide bonds. The van der Waals surface area contributed by atoms with Gasteiger partial charge in [-0.25, -0.2) is 0 Å². The molecule has 1 unspecified atom stereocenters. The van der Waals surface area contributed by atoms with Crippen LogP contribution in [0.2, 0.25) is 0 Å². The molecule has 0 radical (unpaired) electrons. The van der Waals surface area contributed by atoms with Gasteiger partial charge >= 0.3 is 0 Å². The van der Waals surface area contributed by atoms with Crippen LogP contribution in [0.5, 0.6) is 5.75 Å². The van der Waals surface area contributed by atoms with Crippen LogP contribution >= 0.6 is 11.8 Å². The monoisotopic (exact) mass is 567 g/mol. The molecule has 4 aliphatic rings. The molecule has 0 bridgehead atoms. The van der Waals surface area contributed by atoms with Crippen LogP contribution in [0.4, 0.5) is 5.69 Å². The third-order valence-electron chi connectivity index (χ3n) is 8.68. The van der Waals surface area contributed by atoms with Gasteiger partial charge in [-0.05, 0) is 57.9 Å². The van der Waals surface area contributed by atoms with Crippen molar-refractivity contribution in [2.45, 2.75) is 69.2 Å². The molecule has 1 spiro atoms. The van der Waals surface area contributed by atoms with E-state index >= 15 is 0 Å². The van der Waals surface area contributed by atoms with Crippen molar-refractivity contribution in [3.63, 3.8) is 0 Å². The zero-order chi connectivity index (χ0) is 29.0. The number of rotatable bonds is 6. The number of nitrogens with zero attached hydrogens (tertiary/aromatic N) is 3. The second-order valence-corrected chi connectivity index (χ2v) is 13.9. The first-order valence-corrected chi connectivity index (χ1v) is 15.1. The molecule has 1 aromatic carbocycles. The maximum Gasteiger partial charge on any atom is 0.247 e. The Morgan fingerprint density at radius 1 is 1.05 bits per heavy atom. The number of hydrogen-bond acceptors (Lipinski definition) is 6. The van der Waals surface area contributed by atoms with Crippen molar-refractivity contribution in [2.24, 2.45) is 17.8 Å². The van der Waals surface area contributed by atoms with Gasteiger partial charge in [0.2, 0.25) is 17.7 Å². The van der Waals surface area contributed by atoms with Crippen LogP contribution in [0.1, 0.15) is 41.5 Å². The van der Waals surface area contributed by atoms with Gasteiger partial charge < -0.3 is 24.5 Å². The van der Waals surface area contributed by atoms with Crippen molar-refractivity contribution in [3.8, 4) is 5.75 Å². The van der Waals surface area contributed by atoms with Gasteiger partial charge in [0.15, 0.2) is 0 Å². The number of aliphatic hydroxyl groups is 1. The average Bonchev–Trinajstić information content (AvgIpc) is 3.20. The van der Waals surface area contributed by atoms with Crippen molar-refractivity contribution in [1.82, 2.24) is 9.80 Å². The lowest BCUT2D eigenvalue weighted by Crippen LogP contribution is -2.60. The highest BCUT2D eigenvalue weighted by atomic mass is 32.2. The summed E-state index contributed by atoms with van der Waals surface area (Å²) in [7, 11) is 0. The van der Waals surface area contributed by atoms with E-state index in [1.807, 2.05) is 95.0 Å². The third kappa shape index (κ3) is 4.45. The molecule has 4 aliphatic heterocycles. The summed E-state index contributed by atoms with van der Waals surface area (Å²) in [6.45, 7) is 13.0. The number of aliphatic hydroxyl groups excluding tert-OH is 1. The predicted molar refractivity (Wildman–Crippen MR) is 157 cm³/mol. The first kappa shape index (κ1) is 28.7. The Morgan fingerprint density at radius 3 is 2.35 bits per heavy atom. The van der Waals surface area contributed by atoms with Crippen LogP contribution in [0.3, 0.4) is 0 Å². The van der Waals surface area contributed by atoms with Gasteiger partial charge in [-0.1, -0.05) is 38.2 Å². The third-order valence-corrected chi connectivity index (χ3v) is 10.4. The summed E-state index contributed by atoms with van der Waals surface area (Å²) >= 11 is 1.56. The van der Waals surface area contributed by atoms with Gasteiger partial charge in [-0.15, -0.1) is 11.8 Å². The Labute approximate surface area is 241 Å². The van der Waals surface area contributed by atoms with E-state index in [0.717, 1.165) is 11.4 Å². The highest BCUT2D eigenvalue weighted by molar-refractivity contribution is 8.02. The van der Waals surface area contributed by atoms with Gasteiger partial charge in [0.1, 0.15) is 11.8 Å². The molecule has 9 heteroatoms. The maximum absolute atomic E-state index is 14.5. The van der Waals surface area contributed by atoms with E-state index in [1.165, 1.54) is 0 Å². The second kappa shape index (κ2) is 10.6. The summed E-state index contributed by atoms with van der Waals surface area (Å²) < 4.78 is 4.67. The zero-order valence-electron chi connectivity index (χ0n) is 24.2. The number of ether oxygens (including phenoxy) is 1. The summed E-state index contributed by atoms with van der Waals surface area (Å²) in [5.74, 6) is -1.17. The van der Waals surface area contributed by atoms with E-state index in [2.05, 4.69) is 0 Å². The van der Waals surface area contributed by atoms with E-state index in [-0.39, 0.29) is 35.5 Å². The van der Waals surface area contributed by atoms with Crippen LogP contribution < -0.4 is 9.64 Å². The van der Waals surface area contributed by atoms with Gasteiger partial charge in [-0.3, -0.25) is 14.4 Å². The lowest BCUT2D eigenvalue weighted by Gasteiger charge is -2.43. The first-order chi connectivity index (χ1) is 19.0. The Bertz CT molecular complexity index is 1220. The molecule has 0 aromatic heterocycles. The molecule has 1 N–H and O–H groups in total. The smallest absolute Gasteiger partial charge is 0.247 e. The largest absolute Gasteiger partial charge is 0.494 e. The van der Waals surface area contributed by atoms with Crippen LogP contribution in [-0.4, -0.2) is 86.6 Å². The summed E-state index contributed by atoms with van der Waals surface area (Å²) in [6.07, 6.45) is 8.06. The molecule has 6 atom stereocenters. The van der Waals surface area contributed by atoms with Crippen LogP contribution in [0, 0.1) is 17.8 Å². The normalized spacial score (nSPS) is 30.8. The fraction of sp³-hybridized carbons (Fsp3) is 0.581. The lowest BCUT2D eigenvalue weighted by atomic mass is 9.78. The molecule has 5 rings (SSSR count).